The lowest BCUT2D eigenvalue weighted by atomic mass is 9.70. The van der Waals surface area contributed by atoms with Crippen LogP contribution in [-0.2, 0) is 28.8 Å². The smallest absolute Gasteiger partial charge is 0.416 e. The Bertz CT molecular complexity index is 1150. The highest BCUT2D eigenvalue weighted by molar-refractivity contribution is 5.69. The normalized spacial score (nSPS) is 20.1. The summed E-state index contributed by atoms with van der Waals surface area (Å²) in [6.45, 7) is 1.04. The van der Waals surface area contributed by atoms with Gasteiger partial charge in [0.1, 0.15) is 5.82 Å². The zero-order chi connectivity index (χ0) is 26.4. The van der Waals surface area contributed by atoms with Gasteiger partial charge in [-0.2, -0.15) is 13.2 Å². The fourth-order valence-corrected chi connectivity index (χ4v) is 5.52. The molecule has 3 nitrogen and oxygen atoms in total. The molecule has 0 bridgehead atoms. The molecule has 0 unspecified atom stereocenters. The number of alkyl halides is 3. The van der Waals surface area contributed by atoms with E-state index >= 15 is 0 Å². The van der Waals surface area contributed by atoms with Crippen molar-refractivity contribution in [2.45, 2.75) is 56.9 Å². The summed E-state index contributed by atoms with van der Waals surface area (Å²) in [6, 6.07) is 21.7. The van der Waals surface area contributed by atoms with Crippen LogP contribution in [0.2, 0.25) is 0 Å². The van der Waals surface area contributed by atoms with Crippen LogP contribution in [0.5, 0.6) is 0 Å². The summed E-state index contributed by atoms with van der Waals surface area (Å²) in [5.74, 6) is -0.671. The van der Waals surface area contributed by atoms with E-state index in [2.05, 4.69) is 4.90 Å². The van der Waals surface area contributed by atoms with Crippen LogP contribution in [0.4, 0.5) is 17.6 Å². The van der Waals surface area contributed by atoms with Gasteiger partial charge in [-0.1, -0.05) is 61.0 Å². The number of rotatable bonds is 8. The molecule has 0 N–H and O–H groups in total. The highest BCUT2D eigenvalue weighted by atomic mass is 19.4. The van der Waals surface area contributed by atoms with Gasteiger partial charge < -0.3 is 4.74 Å². The minimum atomic E-state index is -4.39. The van der Waals surface area contributed by atoms with Gasteiger partial charge in [-0.25, -0.2) is 4.39 Å². The maximum atomic E-state index is 13.8. The second kappa shape index (κ2) is 11.9. The molecule has 0 radical (unpaired) electrons. The number of carbonyl (C=O) groups excluding carboxylic acids is 1. The minimum absolute atomic E-state index is 0.00235. The number of nitrogens with zero attached hydrogens (tertiary/aromatic N) is 1. The van der Waals surface area contributed by atoms with Gasteiger partial charge in [0.05, 0.1) is 12.7 Å². The number of methoxy groups -OCH3 is 1. The van der Waals surface area contributed by atoms with E-state index in [-0.39, 0.29) is 36.1 Å². The van der Waals surface area contributed by atoms with Gasteiger partial charge >= 0.3 is 12.1 Å². The second-order valence-corrected chi connectivity index (χ2v) is 9.70. The van der Waals surface area contributed by atoms with E-state index in [0.717, 1.165) is 48.1 Å². The van der Waals surface area contributed by atoms with Crippen LogP contribution in [0, 0.1) is 11.7 Å². The number of esters is 1. The first-order chi connectivity index (χ1) is 17.7. The highest BCUT2D eigenvalue weighted by Crippen LogP contribution is 2.43. The summed E-state index contributed by atoms with van der Waals surface area (Å²) >= 11 is 0. The first-order valence-corrected chi connectivity index (χ1v) is 12.5. The molecule has 37 heavy (non-hydrogen) atoms. The largest absolute Gasteiger partial charge is 0.469 e. The summed E-state index contributed by atoms with van der Waals surface area (Å²) < 4.78 is 58.2. The van der Waals surface area contributed by atoms with Crippen molar-refractivity contribution in [3.8, 4) is 0 Å². The van der Waals surface area contributed by atoms with E-state index in [1.807, 2.05) is 30.3 Å². The molecule has 1 saturated carbocycles. The molecule has 0 spiro atoms. The fraction of sp³-hybridized carbons (Fsp3) is 0.367. The standard InChI is InChI=1S/C30H31F4NO2/c1-37-28(36)18-24-8-5-9-27(29(24)23-12-16-26(31)17-13-23)35(19-21-6-3-2-4-7-21)20-22-10-14-25(15-11-22)30(32,33)34/h2-4,6-7,10-17,24,27,29H,5,8-9,18-20H2,1H3/t24-,27-,29-/m1/s1. The van der Waals surface area contributed by atoms with Crippen molar-refractivity contribution < 1.29 is 27.1 Å². The first kappa shape index (κ1) is 26.9. The maximum absolute atomic E-state index is 13.8. The SMILES string of the molecule is COC(=O)C[C@H]1CCC[C@@H](N(Cc2ccccc2)Cc2ccc(C(F)(F)F)cc2)[C@@H]1c1ccc(F)cc1. The molecule has 3 atom stereocenters. The molecule has 3 aromatic rings. The lowest BCUT2D eigenvalue weighted by Gasteiger charge is -2.44. The number of hydrogen-bond acceptors (Lipinski definition) is 3. The summed E-state index contributed by atoms with van der Waals surface area (Å²) in [6.07, 6.45) is -1.53. The summed E-state index contributed by atoms with van der Waals surface area (Å²) in [5, 5.41) is 0. The molecule has 0 amide bonds. The third kappa shape index (κ3) is 6.98. The van der Waals surface area contributed by atoms with Crippen LogP contribution in [0.25, 0.3) is 0 Å². The summed E-state index contributed by atoms with van der Waals surface area (Å²) in [5.41, 5.74) is 2.13. The topological polar surface area (TPSA) is 29.5 Å². The molecule has 196 valence electrons. The van der Waals surface area contributed by atoms with E-state index in [1.54, 1.807) is 12.1 Å². The molecule has 1 aliphatic carbocycles. The van der Waals surface area contributed by atoms with Gasteiger partial charge in [0.15, 0.2) is 0 Å². The Labute approximate surface area is 215 Å². The quantitative estimate of drug-likeness (QED) is 0.233. The Hall–Kier alpha value is -3.19. The zero-order valence-corrected chi connectivity index (χ0v) is 20.8. The van der Waals surface area contributed by atoms with E-state index < -0.39 is 11.7 Å². The molecular weight excluding hydrogens is 482 g/mol. The van der Waals surface area contributed by atoms with Crippen LogP contribution in [0.1, 0.15) is 53.9 Å². The predicted molar refractivity (Wildman–Crippen MR) is 134 cm³/mol. The van der Waals surface area contributed by atoms with Gasteiger partial charge in [-0.15, -0.1) is 0 Å². The lowest BCUT2D eigenvalue weighted by Crippen LogP contribution is -2.44. The molecule has 1 aliphatic rings. The average Bonchev–Trinajstić information content (AvgIpc) is 2.89. The van der Waals surface area contributed by atoms with Crippen LogP contribution in [-0.4, -0.2) is 24.0 Å². The third-order valence-corrected chi connectivity index (χ3v) is 7.27. The van der Waals surface area contributed by atoms with E-state index in [0.29, 0.717) is 13.1 Å². The number of carbonyl (C=O) groups is 1. The van der Waals surface area contributed by atoms with Crippen molar-refractivity contribution in [3.63, 3.8) is 0 Å². The molecule has 0 aliphatic heterocycles. The Morgan fingerprint density at radius 2 is 1.51 bits per heavy atom. The maximum Gasteiger partial charge on any atom is 0.416 e. The number of hydrogen-bond donors (Lipinski definition) is 0. The lowest BCUT2D eigenvalue weighted by molar-refractivity contribution is -0.142. The van der Waals surface area contributed by atoms with Crippen molar-refractivity contribution >= 4 is 5.97 Å². The Morgan fingerprint density at radius 3 is 2.11 bits per heavy atom. The van der Waals surface area contributed by atoms with Crippen molar-refractivity contribution in [1.82, 2.24) is 4.90 Å². The van der Waals surface area contributed by atoms with Crippen LogP contribution in [0.3, 0.4) is 0 Å². The Kier molecular flexibility index (Phi) is 8.64. The molecule has 3 aromatic carbocycles. The molecule has 0 aromatic heterocycles. The predicted octanol–water partition coefficient (Wildman–Crippen LogP) is 7.36. The van der Waals surface area contributed by atoms with Gasteiger partial charge in [0, 0.05) is 31.5 Å². The van der Waals surface area contributed by atoms with Crippen LogP contribution < -0.4 is 0 Å². The Balaban J connectivity index is 1.70. The van der Waals surface area contributed by atoms with Crippen molar-refractivity contribution in [2.75, 3.05) is 7.11 Å². The summed E-state index contributed by atoms with van der Waals surface area (Å²) in [7, 11) is 1.38. The van der Waals surface area contributed by atoms with Gasteiger partial charge in [0.25, 0.3) is 0 Å². The van der Waals surface area contributed by atoms with E-state index in [9.17, 15) is 22.4 Å². The molecule has 0 saturated heterocycles. The van der Waals surface area contributed by atoms with Crippen LogP contribution in [0.15, 0.2) is 78.9 Å². The fourth-order valence-electron chi connectivity index (χ4n) is 5.52. The van der Waals surface area contributed by atoms with Gasteiger partial charge in [-0.3, -0.25) is 9.69 Å². The summed E-state index contributed by atoms with van der Waals surface area (Å²) in [4.78, 5) is 14.6. The van der Waals surface area contributed by atoms with E-state index in [1.165, 1.54) is 31.4 Å². The molecule has 4 rings (SSSR count). The molecule has 0 heterocycles. The average molecular weight is 514 g/mol. The zero-order valence-electron chi connectivity index (χ0n) is 20.8. The molecular formula is C30H31F4NO2. The number of ether oxygens (including phenoxy) is 1. The van der Waals surface area contributed by atoms with Crippen LogP contribution >= 0.6 is 0 Å². The third-order valence-electron chi connectivity index (χ3n) is 7.27. The minimum Gasteiger partial charge on any atom is -0.469 e. The van der Waals surface area contributed by atoms with Crippen molar-refractivity contribution in [2.24, 2.45) is 5.92 Å². The number of benzene rings is 3. The monoisotopic (exact) mass is 513 g/mol. The number of halogens is 4. The molecule has 7 heteroatoms. The second-order valence-electron chi connectivity index (χ2n) is 9.70. The van der Waals surface area contributed by atoms with Crippen molar-refractivity contribution in [1.29, 1.82) is 0 Å². The van der Waals surface area contributed by atoms with Crippen molar-refractivity contribution in [3.05, 3.63) is 107 Å². The van der Waals surface area contributed by atoms with Gasteiger partial charge in [-0.05, 0) is 59.7 Å². The Morgan fingerprint density at radius 1 is 0.892 bits per heavy atom. The van der Waals surface area contributed by atoms with E-state index in [4.69, 9.17) is 4.74 Å². The van der Waals surface area contributed by atoms with Gasteiger partial charge in [0.2, 0.25) is 0 Å². The first-order valence-electron chi connectivity index (χ1n) is 12.5. The highest BCUT2D eigenvalue weighted by Gasteiger charge is 2.39. The molecule has 1 fully saturated rings.